The molecule has 1 aromatic rings. The van der Waals surface area contributed by atoms with Gasteiger partial charge in [-0.2, -0.15) is 5.10 Å². The molecule has 1 amide bonds. The van der Waals surface area contributed by atoms with Crippen LogP contribution in [0.4, 0.5) is 5.69 Å². The van der Waals surface area contributed by atoms with Gasteiger partial charge in [-0.25, -0.2) is 0 Å². The maximum atomic E-state index is 11.4. The zero-order valence-corrected chi connectivity index (χ0v) is 10.4. The minimum absolute atomic E-state index is 0.0326. The molecule has 0 atom stereocenters. The Balaban J connectivity index is 2.44. The standard InChI is InChI=1S/C10H16N4O4/c1-8-9(14(16)17)7-12-13(8)5-3-10(15)11-4-6-18-2/h7H,3-6H2,1-2H3,(H,11,15). The highest BCUT2D eigenvalue weighted by Gasteiger charge is 2.16. The van der Waals surface area contributed by atoms with Crippen molar-refractivity contribution in [2.45, 2.75) is 19.9 Å². The number of hydrogen-bond donors (Lipinski definition) is 1. The van der Waals surface area contributed by atoms with Gasteiger partial charge < -0.3 is 10.1 Å². The van der Waals surface area contributed by atoms with E-state index in [-0.39, 0.29) is 18.0 Å². The van der Waals surface area contributed by atoms with Crippen molar-refractivity contribution in [3.05, 3.63) is 22.0 Å². The summed E-state index contributed by atoms with van der Waals surface area (Å²) in [6.45, 7) is 2.83. The van der Waals surface area contributed by atoms with E-state index in [1.54, 1.807) is 14.0 Å². The predicted octanol–water partition coefficient (Wildman–Crippen LogP) is 0.252. The average molecular weight is 256 g/mol. The van der Waals surface area contributed by atoms with Crippen molar-refractivity contribution >= 4 is 11.6 Å². The number of aryl methyl sites for hydroxylation is 1. The van der Waals surface area contributed by atoms with Gasteiger partial charge in [0, 0.05) is 20.1 Å². The van der Waals surface area contributed by atoms with Gasteiger partial charge in [-0.1, -0.05) is 0 Å². The maximum absolute atomic E-state index is 11.4. The minimum atomic E-state index is -0.489. The van der Waals surface area contributed by atoms with Crippen LogP contribution >= 0.6 is 0 Å². The van der Waals surface area contributed by atoms with Gasteiger partial charge in [0.15, 0.2) is 0 Å². The van der Waals surface area contributed by atoms with Gasteiger partial charge in [-0.15, -0.1) is 0 Å². The second-order valence-electron chi connectivity index (χ2n) is 3.69. The first-order valence-corrected chi connectivity index (χ1v) is 5.48. The summed E-state index contributed by atoms with van der Waals surface area (Å²) >= 11 is 0. The highest BCUT2D eigenvalue weighted by atomic mass is 16.6. The van der Waals surface area contributed by atoms with E-state index in [0.717, 1.165) is 0 Å². The van der Waals surface area contributed by atoms with E-state index in [4.69, 9.17) is 4.74 Å². The van der Waals surface area contributed by atoms with Crippen LogP contribution in [0.2, 0.25) is 0 Å². The van der Waals surface area contributed by atoms with Crippen LogP contribution in [-0.4, -0.2) is 40.9 Å². The van der Waals surface area contributed by atoms with Crippen molar-refractivity contribution in [3.8, 4) is 0 Å². The lowest BCUT2D eigenvalue weighted by atomic mass is 10.3. The monoisotopic (exact) mass is 256 g/mol. The van der Waals surface area contributed by atoms with Gasteiger partial charge in [0.1, 0.15) is 11.9 Å². The molecule has 1 N–H and O–H groups in total. The van der Waals surface area contributed by atoms with Crippen LogP contribution in [0.25, 0.3) is 0 Å². The fourth-order valence-corrected chi connectivity index (χ4v) is 1.43. The predicted molar refractivity (Wildman–Crippen MR) is 63.1 cm³/mol. The van der Waals surface area contributed by atoms with Crippen LogP contribution < -0.4 is 5.32 Å². The van der Waals surface area contributed by atoms with E-state index >= 15 is 0 Å². The van der Waals surface area contributed by atoms with Crippen molar-refractivity contribution in [2.75, 3.05) is 20.3 Å². The molecular formula is C10H16N4O4. The number of nitro groups is 1. The number of ether oxygens (including phenoxy) is 1. The Morgan fingerprint density at radius 3 is 2.94 bits per heavy atom. The zero-order valence-electron chi connectivity index (χ0n) is 10.4. The minimum Gasteiger partial charge on any atom is -0.383 e. The molecule has 0 saturated carbocycles. The topological polar surface area (TPSA) is 99.3 Å². The van der Waals surface area contributed by atoms with E-state index in [2.05, 4.69) is 10.4 Å². The molecule has 8 heteroatoms. The zero-order chi connectivity index (χ0) is 13.5. The van der Waals surface area contributed by atoms with E-state index in [0.29, 0.717) is 25.4 Å². The Morgan fingerprint density at radius 2 is 2.39 bits per heavy atom. The first-order valence-electron chi connectivity index (χ1n) is 5.48. The highest BCUT2D eigenvalue weighted by molar-refractivity contribution is 5.75. The van der Waals surface area contributed by atoms with Gasteiger partial charge in [0.2, 0.25) is 5.91 Å². The van der Waals surface area contributed by atoms with Gasteiger partial charge in [-0.3, -0.25) is 19.6 Å². The Hall–Kier alpha value is -1.96. The van der Waals surface area contributed by atoms with Crippen LogP contribution in [0.3, 0.4) is 0 Å². The number of methoxy groups -OCH3 is 1. The number of amides is 1. The Morgan fingerprint density at radius 1 is 1.67 bits per heavy atom. The smallest absolute Gasteiger partial charge is 0.309 e. The number of carbonyl (C=O) groups excluding carboxylic acids is 1. The van der Waals surface area contributed by atoms with Gasteiger partial charge in [0.25, 0.3) is 0 Å². The van der Waals surface area contributed by atoms with E-state index in [9.17, 15) is 14.9 Å². The van der Waals surface area contributed by atoms with Crippen LogP contribution in [0.5, 0.6) is 0 Å². The molecule has 0 spiro atoms. The molecule has 1 aromatic heterocycles. The molecule has 8 nitrogen and oxygen atoms in total. The molecular weight excluding hydrogens is 240 g/mol. The Kier molecular flexibility index (Phi) is 5.25. The summed E-state index contributed by atoms with van der Waals surface area (Å²) in [6.07, 6.45) is 1.42. The SMILES string of the molecule is COCCNC(=O)CCn1ncc([N+](=O)[O-])c1C. The molecule has 1 rings (SSSR count). The lowest BCUT2D eigenvalue weighted by Crippen LogP contribution is -2.27. The quantitative estimate of drug-likeness (QED) is 0.428. The Bertz CT molecular complexity index is 430. The molecule has 0 bridgehead atoms. The summed E-state index contributed by atoms with van der Waals surface area (Å²) in [7, 11) is 1.55. The summed E-state index contributed by atoms with van der Waals surface area (Å²) in [6, 6.07) is 0. The molecule has 0 radical (unpaired) electrons. The van der Waals surface area contributed by atoms with Gasteiger partial charge >= 0.3 is 5.69 Å². The van der Waals surface area contributed by atoms with Crippen LogP contribution in [0.1, 0.15) is 12.1 Å². The van der Waals surface area contributed by atoms with Crippen molar-refractivity contribution in [3.63, 3.8) is 0 Å². The third-order valence-corrected chi connectivity index (χ3v) is 2.45. The fraction of sp³-hybridized carbons (Fsp3) is 0.600. The summed E-state index contributed by atoms with van der Waals surface area (Å²) in [4.78, 5) is 21.5. The normalized spacial score (nSPS) is 10.3. The molecule has 0 saturated heterocycles. The second kappa shape index (κ2) is 6.70. The number of hydrogen-bond acceptors (Lipinski definition) is 5. The molecule has 1 heterocycles. The third-order valence-electron chi connectivity index (χ3n) is 2.45. The van der Waals surface area contributed by atoms with Crippen molar-refractivity contribution < 1.29 is 14.5 Å². The van der Waals surface area contributed by atoms with Crippen LogP contribution in [0.15, 0.2) is 6.20 Å². The van der Waals surface area contributed by atoms with Crippen LogP contribution in [-0.2, 0) is 16.1 Å². The number of nitrogens with zero attached hydrogens (tertiary/aromatic N) is 3. The van der Waals surface area contributed by atoms with Gasteiger partial charge in [-0.05, 0) is 6.92 Å². The first-order chi connectivity index (χ1) is 8.56. The fourth-order valence-electron chi connectivity index (χ4n) is 1.43. The molecule has 0 aromatic carbocycles. The van der Waals surface area contributed by atoms with Crippen molar-refractivity contribution in [1.82, 2.24) is 15.1 Å². The maximum Gasteiger partial charge on any atom is 0.309 e. The van der Waals surface area contributed by atoms with Crippen molar-refractivity contribution in [2.24, 2.45) is 0 Å². The lowest BCUT2D eigenvalue weighted by Gasteiger charge is -2.05. The number of nitrogens with one attached hydrogen (secondary N) is 1. The van der Waals surface area contributed by atoms with Gasteiger partial charge in [0.05, 0.1) is 18.1 Å². The Labute approximate surface area is 104 Å². The number of carbonyl (C=O) groups is 1. The van der Waals surface area contributed by atoms with E-state index < -0.39 is 4.92 Å². The summed E-state index contributed by atoms with van der Waals surface area (Å²) < 4.78 is 6.25. The average Bonchev–Trinajstić information content (AvgIpc) is 2.68. The molecule has 0 fully saturated rings. The van der Waals surface area contributed by atoms with Crippen LogP contribution in [0, 0.1) is 17.0 Å². The summed E-state index contributed by atoms with van der Waals surface area (Å²) in [5.74, 6) is -0.135. The largest absolute Gasteiger partial charge is 0.383 e. The first kappa shape index (κ1) is 14.1. The molecule has 100 valence electrons. The molecule has 0 aliphatic rings. The summed E-state index contributed by atoms with van der Waals surface area (Å²) in [5, 5.41) is 17.1. The van der Waals surface area contributed by atoms with E-state index in [1.165, 1.54) is 10.9 Å². The molecule has 0 aliphatic carbocycles. The van der Waals surface area contributed by atoms with Crippen molar-refractivity contribution in [1.29, 1.82) is 0 Å². The second-order valence-corrected chi connectivity index (χ2v) is 3.69. The molecule has 18 heavy (non-hydrogen) atoms. The number of aromatic nitrogens is 2. The highest BCUT2D eigenvalue weighted by Crippen LogP contribution is 2.15. The molecule has 0 aliphatic heterocycles. The van der Waals surface area contributed by atoms with E-state index in [1.807, 2.05) is 0 Å². The number of rotatable bonds is 7. The molecule has 0 unspecified atom stereocenters. The lowest BCUT2D eigenvalue weighted by molar-refractivity contribution is -0.385. The summed E-state index contributed by atoms with van der Waals surface area (Å²) in [5.41, 5.74) is 0.416. The third kappa shape index (κ3) is 3.81.